The highest BCUT2D eigenvalue weighted by atomic mass is 16.5. The van der Waals surface area contributed by atoms with E-state index in [1.165, 1.54) is 12.7 Å². The summed E-state index contributed by atoms with van der Waals surface area (Å²) in [6.45, 7) is 1.59. The first-order chi connectivity index (χ1) is 16.2. The van der Waals surface area contributed by atoms with Crippen molar-refractivity contribution in [3.63, 3.8) is 0 Å². The van der Waals surface area contributed by atoms with Crippen molar-refractivity contribution in [3.05, 3.63) is 94.8 Å². The lowest BCUT2D eigenvalue weighted by molar-refractivity contribution is -0.150. The van der Waals surface area contributed by atoms with Gasteiger partial charge in [-0.3, -0.25) is 9.59 Å². The van der Waals surface area contributed by atoms with Crippen molar-refractivity contribution < 1.29 is 14.3 Å². The van der Waals surface area contributed by atoms with Crippen molar-refractivity contribution in [2.75, 3.05) is 13.2 Å². The van der Waals surface area contributed by atoms with E-state index >= 15 is 0 Å². The average molecular weight is 444 g/mol. The minimum absolute atomic E-state index is 0.0396. The van der Waals surface area contributed by atoms with Gasteiger partial charge in [-0.1, -0.05) is 60.7 Å². The molecule has 4 aromatic rings. The van der Waals surface area contributed by atoms with Gasteiger partial charge in [0.15, 0.2) is 16.9 Å². The molecule has 5 rings (SSSR count). The number of carbonyl (C=O) groups is 1. The van der Waals surface area contributed by atoms with Gasteiger partial charge in [0.05, 0.1) is 45.0 Å². The van der Waals surface area contributed by atoms with E-state index in [-0.39, 0.29) is 28.7 Å². The van der Waals surface area contributed by atoms with Crippen LogP contribution in [0.4, 0.5) is 0 Å². The van der Waals surface area contributed by atoms with Crippen LogP contribution in [0.25, 0.3) is 11.2 Å². The molecule has 0 saturated heterocycles. The van der Waals surface area contributed by atoms with Crippen molar-refractivity contribution in [3.8, 4) is 0 Å². The molecule has 1 saturated carbocycles. The van der Waals surface area contributed by atoms with E-state index in [9.17, 15) is 9.59 Å². The zero-order valence-electron chi connectivity index (χ0n) is 18.0. The first kappa shape index (κ1) is 21.2. The Morgan fingerprint density at radius 1 is 0.848 bits per heavy atom. The third-order valence-corrected chi connectivity index (χ3v) is 6.08. The summed E-state index contributed by atoms with van der Waals surface area (Å²) in [5.41, 5.74) is 2.41. The normalized spacial score (nSPS) is 20.1. The molecule has 2 heterocycles. The number of ether oxygens (including phenoxy) is 2. The first-order valence-corrected chi connectivity index (χ1v) is 10.9. The lowest BCUT2D eigenvalue weighted by Gasteiger charge is -2.43. The second-order valence-corrected chi connectivity index (χ2v) is 8.17. The lowest BCUT2D eigenvalue weighted by Crippen LogP contribution is -2.52. The van der Waals surface area contributed by atoms with Crippen LogP contribution >= 0.6 is 0 Å². The number of Topliss-reactive ketones (excluding diaryl/α,β-unsaturated/α-hetero) is 1. The highest BCUT2D eigenvalue weighted by Crippen LogP contribution is 2.42. The zero-order chi connectivity index (χ0) is 22.6. The van der Waals surface area contributed by atoms with Gasteiger partial charge >= 0.3 is 0 Å². The number of benzene rings is 2. The quantitative estimate of drug-likeness (QED) is 0.426. The van der Waals surface area contributed by atoms with Crippen molar-refractivity contribution in [1.29, 1.82) is 0 Å². The fourth-order valence-corrected chi connectivity index (χ4v) is 4.33. The molecule has 0 amide bonds. The van der Waals surface area contributed by atoms with E-state index in [4.69, 9.17) is 9.47 Å². The number of H-pyrrole nitrogens is 1. The molecule has 0 radical (unpaired) electrons. The number of hydrogen-bond acceptors (Lipinski definition) is 6. The highest BCUT2D eigenvalue weighted by Gasteiger charge is 2.51. The maximum Gasteiger partial charge on any atom is 0.278 e. The molecular formula is C25H24N4O4. The van der Waals surface area contributed by atoms with Crippen molar-refractivity contribution in [2.45, 2.75) is 19.3 Å². The Balaban J connectivity index is 1.32. The maximum absolute atomic E-state index is 13.2. The molecular weight excluding hydrogens is 420 g/mol. The van der Waals surface area contributed by atoms with Crippen LogP contribution in [0.15, 0.2) is 78.1 Å². The van der Waals surface area contributed by atoms with Crippen molar-refractivity contribution >= 4 is 16.9 Å². The predicted molar refractivity (Wildman–Crippen MR) is 121 cm³/mol. The Labute approximate surface area is 190 Å². The van der Waals surface area contributed by atoms with Crippen LogP contribution in [0.2, 0.25) is 0 Å². The highest BCUT2D eigenvalue weighted by molar-refractivity contribution is 5.93. The van der Waals surface area contributed by atoms with Crippen molar-refractivity contribution in [1.82, 2.24) is 19.5 Å². The van der Waals surface area contributed by atoms with E-state index in [2.05, 4.69) is 15.0 Å². The topological polar surface area (TPSA) is 99.1 Å². The van der Waals surface area contributed by atoms with Gasteiger partial charge in [-0.05, 0) is 11.1 Å². The van der Waals surface area contributed by atoms with Gasteiger partial charge in [0.2, 0.25) is 0 Å². The summed E-state index contributed by atoms with van der Waals surface area (Å²) in [7, 11) is 0. The molecule has 8 heteroatoms. The zero-order valence-corrected chi connectivity index (χ0v) is 18.0. The number of nitrogens with one attached hydrogen (secondary N) is 1. The molecule has 0 aliphatic heterocycles. The van der Waals surface area contributed by atoms with Crippen LogP contribution in [0.3, 0.4) is 0 Å². The van der Waals surface area contributed by atoms with Gasteiger partial charge < -0.3 is 19.0 Å². The Morgan fingerprint density at radius 3 is 2.15 bits per heavy atom. The van der Waals surface area contributed by atoms with Crippen LogP contribution in [0, 0.1) is 11.8 Å². The van der Waals surface area contributed by atoms with Gasteiger partial charge in [-0.2, -0.15) is 0 Å². The van der Waals surface area contributed by atoms with Crippen LogP contribution in [0.1, 0.15) is 17.2 Å². The molecule has 0 spiro atoms. The molecule has 2 aromatic heterocycles. The molecule has 2 aromatic carbocycles. The number of hydrogen-bond donors (Lipinski definition) is 1. The van der Waals surface area contributed by atoms with E-state index in [1.54, 1.807) is 4.57 Å². The summed E-state index contributed by atoms with van der Waals surface area (Å²) in [5, 5.41) is 0. The number of aromatic nitrogens is 4. The number of fused-ring (bicyclic) bond motifs is 1. The minimum atomic E-state index is -0.495. The van der Waals surface area contributed by atoms with Crippen molar-refractivity contribution in [2.24, 2.45) is 11.8 Å². The Morgan fingerprint density at radius 2 is 1.48 bits per heavy atom. The third-order valence-electron chi connectivity index (χ3n) is 6.08. The van der Waals surface area contributed by atoms with E-state index < -0.39 is 6.04 Å². The van der Waals surface area contributed by atoms with E-state index in [0.717, 1.165) is 11.1 Å². The van der Waals surface area contributed by atoms with Gasteiger partial charge in [-0.25, -0.2) is 9.97 Å². The molecule has 1 aliphatic rings. The summed E-state index contributed by atoms with van der Waals surface area (Å²) in [6.07, 6.45) is 2.84. The molecule has 1 N–H and O–H groups in total. The van der Waals surface area contributed by atoms with Gasteiger partial charge in [-0.15, -0.1) is 0 Å². The van der Waals surface area contributed by atoms with Gasteiger partial charge in [0, 0.05) is 5.92 Å². The molecule has 1 fully saturated rings. The van der Waals surface area contributed by atoms with E-state index in [1.807, 2.05) is 60.7 Å². The smallest absolute Gasteiger partial charge is 0.278 e. The number of ketones is 1. The van der Waals surface area contributed by atoms with Gasteiger partial charge in [0.25, 0.3) is 5.56 Å². The molecule has 8 nitrogen and oxygen atoms in total. The Hall–Kier alpha value is -3.62. The summed E-state index contributed by atoms with van der Waals surface area (Å²) < 4.78 is 13.6. The first-order valence-electron chi connectivity index (χ1n) is 10.9. The molecule has 0 bridgehead atoms. The lowest BCUT2D eigenvalue weighted by atomic mass is 9.68. The molecule has 168 valence electrons. The molecule has 1 aliphatic carbocycles. The number of imidazole rings is 1. The van der Waals surface area contributed by atoms with E-state index in [0.29, 0.717) is 32.1 Å². The van der Waals surface area contributed by atoms with Crippen LogP contribution in [-0.4, -0.2) is 38.5 Å². The summed E-state index contributed by atoms with van der Waals surface area (Å²) in [5.74, 6) is -0.373. The molecule has 0 unspecified atom stereocenters. The average Bonchev–Trinajstić information content (AvgIpc) is 3.27. The Bertz CT molecular complexity index is 1290. The minimum Gasteiger partial charge on any atom is -0.376 e. The summed E-state index contributed by atoms with van der Waals surface area (Å²) in [6, 6.07) is 19.3. The number of carbonyl (C=O) groups excluding carboxylic acids is 1. The second kappa shape index (κ2) is 9.48. The Kier molecular flexibility index (Phi) is 6.10. The maximum atomic E-state index is 13.2. The monoisotopic (exact) mass is 444 g/mol. The molecule has 3 atom stereocenters. The predicted octanol–water partition coefficient (Wildman–Crippen LogP) is 2.91. The van der Waals surface area contributed by atoms with Gasteiger partial charge in [0.1, 0.15) is 6.04 Å². The van der Waals surface area contributed by atoms with Crippen LogP contribution in [0.5, 0.6) is 0 Å². The third kappa shape index (κ3) is 4.35. The standard InChI is InChI=1S/C25H24N4O4/c30-23-20(14-33-12-18-9-5-2-6-10-18)19(13-32-11-17-7-3-1-4-8-17)22(23)29-16-28-21-24(29)26-15-27-25(21)31/h1-10,15-16,19-20,22H,11-14H2,(H,26,27,31)/t19-,20-,22+/m1/s1. The number of rotatable bonds is 9. The summed E-state index contributed by atoms with van der Waals surface area (Å²) >= 11 is 0. The fourth-order valence-electron chi connectivity index (χ4n) is 4.33. The largest absolute Gasteiger partial charge is 0.376 e. The fraction of sp³-hybridized carbons (Fsp3) is 0.280. The van der Waals surface area contributed by atoms with Crippen LogP contribution < -0.4 is 5.56 Å². The van der Waals surface area contributed by atoms with Crippen LogP contribution in [-0.2, 0) is 27.5 Å². The number of aromatic amines is 1. The number of nitrogens with zero attached hydrogens (tertiary/aromatic N) is 3. The second-order valence-electron chi connectivity index (χ2n) is 8.17. The summed E-state index contributed by atoms with van der Waals surface area (Å²) in [4.78, 5) is 36.2. The SMILES string of the molecule is O=C1[C@@H](n2cnc3c(=O)[nH]cnc32)[C@H](COCc2ccccc2)[C@H]1COCc1ccccc1. The molecule has 33 heavy (non-hydrogen) atoms.